The van der Waals surface area contributed by atoms with E-state index < -0.39 is 8.32 Å². The minimum Gasteiger partial charge on any atom is -0.497 e. The van der Waals surface area contributed by atoms with E-state index in [4.69, 9.17) is 18.6 Å². The van der Waals surface area contributed by atoms with E-state index in [1.165, 1.54) is 41.6 Å². The summed E-state index contributed by atoms with van der Waals surface area (Å²) in [5.74, 6) is 7.41. The van der Waals surface area contributed by atoms with Crippen LogP contribution in [0.3, 0.4) is 0 Å². The zero-order valence-corrected chi connectivity index (χ0v) is 38.0. The van der Waals surface area contributed by atoms with E-state index in [0.29, 0.717) is 26.2 Å². The number of methoxy groups -OCH3 is 1. The molecule has 0 heterocycles. The highest BCUT2D eigenvalue weighted by Gasteiger charge is 2.50. The summed E-state index contributed by atoms with van der Waals surface area (Å²) in [5, 5.41) is 13.0. The van der Waals surface area contributed by atoms with Crippen LogP contribution < -0.4 is 15.1 Å². The van der Waals surface area contributed by atoms with Gasteiger partial charge in [-0.2, -0.15) is 0 Å². The smallest absolute Gasteiger partial charge is 0.261 e. The lowest BCUT2D eigenvalue weighted by Gasteiger charge is -2.43. The van der Waals surface area contributed by atoms with Gasteiger partial charge < -0.3 is 23.7 Å². The maximum Gasteiger partial charge on any atom is 0.261 e. The summed E-state index contributed by atoms with van der Waals surface area (Å²) in [6.45, 7) is 11.1. The van der Waals surface area contributed by atoms with Crippen LogP contribution in [0.1, 0.15) is 135 Å². The fourth-order valence-corrected chi connectivity index (χ4v) is 12.5. The molecule has 0 aliphatic heterocycles. The van der Waals surface area contributed by atoms with Gasteiger partial charge in [-0.1, -0.05) is 175 Å². The minimum absolute atomic E-state index is 0.0549. The standard InChI is InChI=1S/C53H74O5Si/c1-45(56-43-46-28-18-14-19-29-46)27-17-13-21-31-48(54)30-20-11-9-7-6-8-10-12-22-32-50(57-44-47-37-39-49(55-5)40-38-47)41-42-58-59(53(2,3)4,51-33-23-15-24-34-51)52-35-25-16-26-36-52/h14-16,18-19,23-26,28-29,33-40,45,48,50,54H,6-10,12-13,17,21-22,27,30-32,41-44H2,1-5H3/t45-,48+,50-/m1/s1. The molecule has 6 heteroatoms. The first-order valence-corrected chi connectivity index (χ1v) is 24.4. The average molecular weight is 819 g/mol. The molecule has 3 atom stereocenters. The number of aliphatic hydroxyl groups is 1. The fraction of sp³-hybridized carbons (Fsp3) is 0.509. The fourth-order valence-electron chi connectivity index (χ4n) is 7.91. The van der Waals surface area contributed by atoms with E-state index in [1.54, 1.807) is 7.11 Å². The molecule has 320 valence electrons. The Balaban J connectivity index is 1.14. The molecule has 0 radical (unpaired) electrons. The third-order valence-corrected chi connectivity index (χ3v) is 16.4. The second-order valence-corrected chi connectivity index (χ2v) is 21.5. The number of ether oxygens (including phenoxy) is 3. The number of unbranched alkanes of at least 4 members (excludes halogenated alkanes) is 8. The Kier molecular flexibility index (Phi) is 22.1. The maximum atomic E-state index is 10.4. The number of aliphatic hydroxyl groups excluding tert-OH is 1. The van der Waals surface area contributed by atoms with Crippen LogP contribution in [0.5, 0.6) is 5.75 Å². The molecule has 0 saturated carbocycles. The Morgan fingerprint density at radius 2 is 1.10 bits per heavy atom. The van der Waals surface area contributed by atoms with Crippen LogP contribution >= 0.6 is 0 Å². The van der Waals surface area contributed by atoms with Crippen LogP contribution in [0.2, 0.25) is 5.04 Å². The van der Waals surface area contributed by atoms with Gasteiger partial charge in [0.1, 0.15) is 5.75 Å². The highest BCUT2D eigenvalue weighted by molar-refractivity contribution is 6.99. The van der Waals surface area contributed by atoms with Crippen molar-refractivity contribution in [2.75, 3.05) is 13.7 Å². The number of rotatable bonds is 28. The predicted octanol–water partition coefficient (Wildman–Crippen LogP) is 12.0. The molecule has 1 N–H and O–H groups in total. The first kappa shape index (κ1) is 48.0. The summed E-state index contributed by atoms with van der Waals surface area (Å²) < 4.78 is 25.2. The van der Waals surface area contributed by atoms with E-state index in [9.17, 15) is 5.11 Å². The van der Waals surface area contributed by atoms with Gasteiger partial charge in [-0.15, -0.1) is 11.8 Å². The molecular weight excluding hydrogens is 745 g/mol. The van der Waals surface area contributed by atoms with E-state index in [1.807, 2.05) is 18.2 Å². The molecule has 0 fully saturated rings. The van der Waals surface area contributed by atoms with Crippen LogP contribution in [0.4, 0.5) is 0 Å². The summed E-state index contributed by atoms with van der Waals surface area (Å²) in [4.78, 5) is 0. The van der Waals surface area contributed by atoms with Crippen molar-refractivity contribution >= 4 is 18.7 Å². The van der Waals surface area contributed by atoms with Gasteiger partial charge in [0.05, 0.1) is 38.6 Å². The van der Waals surface area contributed by atoms with Crippen molar-refractivity contribution in [3.8, 4) is 17.6 Å². The largest absolute Gasteiger partial charge is 0.497 e. The highest BCUT2D eigenvalue weighted by atomic mass is 28.4. The molecule has 0 spiro atoms. The van der Waals surface area contributed by atoms with Crippen LogP contribution in [0.25, 0.3) is 0 Å². The summed E-state index contributed by atoms with van der Waals surface area (Å²) in [7, 11) is -0.902. The zero-order valence-electron chi connectivity index (χ0n) is 37.0. The molecular formula is C53H74O5Si. The first-order valence-electron chi connectivity index (χ1n) is 22.5. The van der Waals surface area contributed by atoms with Crippen molar-refractivity contribution in [3.63, 3.8) is 0 Å². The molecule has 4 rings (SSSR count). The minimum atomic E-state index is -2.60. The topological polar surface area (TPSA) is 57.2 Å². The van der Waals surface area contributed by atoms with Gasteiger partial charge in [0.2, 0.25) is 0 Å². The molecule has 0 aliphatic carbocycles. The van der Waals surface area contributed by atoms with Crippen molar-refractivity contribution in [3.05, 3.63) is 126 Å². The predicted molar refractivity (Wildman–Crippen MR) is 249 cm³/mol. The van der Waals surface area contributed by atoms with Crippen molar-refractivity contribution in [2.24, 2.45) is 0 Å². The first-order chi connectivity index (χ1) is 28.7. The third kappa shape index (κ3) is 17.4. The Labute approximate surface area is 359 Å². The highest BCUT2D eigenvalue weighted by Crippen LogP contribution is 2.37. The van der Waals surface area contributed by atoms with Crippen LogP contribution in [0.15, 0.2) is 115 Å². The molecule has 59 heavy (non-hydrogen) atoms. The number of benzene rings is 4. The van der Waals surface area contributed by atoms with Crippen molar-refractivity contribution in [2.45, 2.75) is 161 Å². The summed E-state index contributed by atoms with van der Waals surface area (Å²) >= 11 is 0. The Morgan fingerprint density at radius 1 is 0.576 bits per heavy atom. The van der Waals surface area contributed by atoms with Gasteiger partial charge in [-0.3, -0.25) is 0 Å². The van der Waals surface area contributed by atoms with Gasteiger partial charge in [0.15, 0.2) is 0 Å². The molecule has 5 nitrogen and oxygen atoms in total. The van der Waals surface area contributed by atoms with Crippen molar-refractivity contribution in [1.29, 1.82) is 0 Å². The van der Waals surface area contributed by atoms with Crippen LogP contribution in [-0.4, -0.2) is 45.5 Å². The lowest BCUT2D eigenvalue weighted by molar-refractivity contribution is 0.0188. The SMILES string of the molecule is COc1ccc(CO[C@H](CCCCCCCCC#CC[C@H](O)CCCCC[C@@H](C)OCc2ccccc2)CCO[Si](c2ccccc2)(c2ccccc2)C(C)(C)C)cc1. The van der Waals surface area contributed by atoms with Gasteiger partial charge in [-0.05, 0) is 77.7 Å². The summed E-state index contributed by atoms with van der Waals surface area (Å²) in [6.07, 6.45) is 15.8. The van der Waals surface area contributed by atoms with Gasteiger partial charge in [0.25, 0.3) is 8.32 Å². The normalized spacial score (nSPS) is 13.3. The lowest BCUT2D eigenvalue weighted by Crippen LogP contribution is -2.66. The van der Waals surface area contributed by atoms with E-state index in [-0.39, 0.29) is 23.4 Å². The molecule has 0 bridgehead atoms. The van der Waals surface area contributed by atoms with E-state index in [2.05, 4.69) is 137 Å². The van der Waals surface area contributed by atoms with Crippen molar-refractivity contribution in [1.82, 2.24) is 0 Å². The van der Waals surface area contributed by atoms with Crippen LogP contribution in [-0.2, 0) is 27.1 Å². The van der Waals surface area contributed by atoms with Gasteiger partial charge in [-0.25, -0.2) is 0 Å². The van der Waals surface area contributed by atoms with Crippen LogP contribution in [0, 0.1) is 11.8 Å². The monoisotopic (exact) mass is 819 g/mol. The Bertz CT molecular complexity index is 1670. The van der Waals surface area contributed by atoms with E-state index in [0.717, 1.165) is 75.5 Å². The van der Waals surface area contributed by atoms with Crippen molar-refractivity contribution < 1.29 is 23.7 Å². The molecule has 0 unspecified atom stereocenters. The Hall–Kier alpha value is -3.70. The lowest BCUT2D eigenvalue weighted by atomic mass is 10.0. The molecule has 0 amide bonds. The molecule has 4 aromatic carbocycles. The average Bonchev–Trinajstić information content (AvgIpc) is 3.25. The number of hydrogen-bond acceptors (Lipinski definition) is 5. The number of hydrogen-bond donors (Lipinski definition) is 1. The molecule has 4 aromatic rings. The Morgan fingerprint density at radius 3 is 1.73 bits per heavy atom. The second-order valence-electron chi connectivity index (χ2n) is 17.2. The zero-order chi connectivity index (χ0) is 42.0. The third-order valence-electron chi connectivity index (χ3n) is 11.4. The quantitative estimate of drug-likeness (QED) is 0.0351. The molecule has 0 aliphatic rings. The summed E-state index contributed by atoms with van der Waals surface area (Å²) in [5.41, 5.74) is 2.38. The van der Waals surface area contributed by atoms with Gasteiger partial charge in [0, 0.05) is 19.4 Å². The molecule has 0 aromatic heterocycles. The second kappa shape index (κ2) is 27.2. The van der Waals surface area contributed by atoms with Gasteiger partial charge >= 0.3 is 0 Å². The van der Waals surface area contributed by atoms with E-state index >= 15 is 0 Å². The maximum absolute atomic E-state index is 10.4. The summed E-state index contributed by atoms with van der Waals surface area (Å²) in [6, 6.07) is 40.3. The molecule has 0 saturated heterocycles.